The van der Waals surface area contributed by atoms with Crippen molar-refractivity contribution < 1.29 is 28.9 Å². The highest BCUT2D eigenvalue weighted by Crippen LogP contribution is 2.25. The molecule has 3 N–H and O–H groups in total. The zero-order valence-electron chi connectivity index (χ0n) is 20.2. The van der Waals surface area contributed by atoms with E-state index in [0.717, 1.165) is 5.56 Å². The van der Waals surface area contributed by atoms with Crippen LogP contribution in [0, 0.1) is 18.7 Å². The van der Waals surface area contributed by atoms with Crippen LogP contribution in [0.5, 0.6) is 5.88 Å². The van der Waals surface area contributed by atoms with Gasteiger partial charge in [0, 0.05) is 6.07 Å². The van der Waals surface area contributed by atoms with E-state index in [1.54, 1.807) is 25.1 Å². The van der Waals surface area contributed by atoms with Gasteiger partial charge in [0.1, 0.15) is 12.4 Å². The number of aryl methyl sites for hydroxylation is 1. The van der Waals surface area contributed by atoms with Crippen LogP contribution in [0.3, 0.4) is 0 Å². The van der Waals surface area contributed by atoms with Crippen molar-refractivity contribution in [3.05, 3.63) is 77.2 Å². The highest BCUT2D eigenvalue weighted by atomic mass is 19.1. The Hall–Kier alpha value is -3.72. The highest BCUT2D eigenvalue weighted by molar-refractivity contribution is 5.93. The van der Waals surface area contributed by atoms with Crippen molar-refractivity contribution in [2.24, 2.45) is 5.92 Å². The van der Waals surface area contributed by atoms with Gasteiger partial charge < -0.3 is 20.3 Å². The Balaban J connectivity index is 1.94. The average molecular weight is 484 g/mol. The normalized spacial score (nSPS) is 13.8. The molecule has 35 heavy (non-hydrogen) atoms. The summed E-state index contributed by atoms with van der Waals surface area (Å²) in [5.74, 6) is -2.15. The van der Waals surface area contributed by atoms with E-state index in [1.807, 2.05) is 32.9 Å². The van der Waals surface area contributed by atoms with E-state index in [1.165, 1.54) is 28.9 Å². The Morgan fingerprint density at radius 1 is 1.17 bits per heavy atom. The first-order valence-corrected chi connectivity index (χ1v) is 11.3. The van der Waals surface area contributed by atoms with Crippen LogP contribution in [0.15, 0.2) is 54.6 Å². The lowest BCUT2D eigenvalue weighted by Gasteiger charge is -2.27. The molecule has 0 saturated carbocycles. The van der Waals surface area contributed by atoms with Gasteiger partial charge in [0.25, 0.3) is 5.91 Å². The minimum Gasteiger partial charge on any atom is -0.481 e. The number of halogens is 1. The maximum Gasteiger partial charge on any atom is 0.305 e. The van der Waals surface area contributed by atoms with Gasteiger partial charge >= 0.3 is 5.97 Å². The molecule has 2 unspecified atom stereocenters. The molecule has 0 aliphatic heterocycles. The third kappa shape index (κ3) is 6.45. The van der Waals surface area contributed by atoms with Gasteiger partial charge in [0.05, 0.1) is 23.8 Å². The Morgan fingerprint density at radius 3 is 2.51 bits per heavy atom. The number of amides is 1. The number of nitrogens with one attached hydrogen (secondary N) is 1. The number of carboxylic acid groups (broad SMARTS) is 1. The zero-order chi connectivity index (χ0) is 25.8. The molecule has 3 aromatic rings. The minimum absolute atomic E-state index is 0.0441. The summed E-state index contributed by atoms with van der Waals surface area (Å²) in [6.07, 6.45) is -0.318. The van der Waals surface area contributed by atoms with E-state index in [9.17, 15) is 24.2 Å². The number of hydrogen-bond acceptors (Lipinski definition) is 5. The van der Waals surface area contributed by atoms with Gasteiger partial charge in [-0.05, 0) is 49.1 Å². The fourth-order valence-corrected chi connectivity index (χ4v) is 3.38. The molecule has 0 bridgehead atoms. The standard InChI is InChI=1S/C26H30FN3O5/c1-16(2)26(4,34)15-35-23-13-22(29-30(23)19-10-7-9-18(27)12-19)25(33)28-21(14-24(31)32)20-11-6-5-8-17(20)3/h5-13,16,21,34H,14-15H2,1-4H3,(H,28,33)(H,31,32). The van der Waals surface area contributed by atoms with Gasteiger partial charge in [-0.25, -0.2) is 9.07 Å². The summed E-state index contributed by atoms with van der Waals surface area (Å²) in [5, 5.41) is 27.0. The summed E-state index contributed by atoms with van der Waals surface area (Å²) in [7, 11) is 0. The van der Waals surface area contributed by atoms with E-state index >= 15 is 0 Å². The number of carboxylic acids is 1. The Kier molecular flexibility index (Phi) is 7.91. The average Bonchev–Trinajstić information content (AvgIpc) is 3.22. The first kappa shape index (κ1) is 25.9. The van der Waals surface area contributed by atoms with Crippen LogP contribution in [-0.4, -0.2) is 44.1 Å². The van der Waals surface area contributed by atoms with Crippen molar-refractivity contribution in [3.63, 3.8) is 0 Å². The molecule has 0 spiro atoms. The third-order valence-electron chi connectivity index (χ3n) is 5.97. The van der Waals surface area contributed by atoms with Crippen LogP contribution in [0.2, 0.25) is 0 Å². The van der Waals surface area contributed by atoms with Crippen LogP contribution in [0.25, 0.3) is 5.69 Å². The molecular formula is C26H30FN3O5. The Morgan fingerprint density at radius 2 is 1.89 bits per heavy atom. The number of aromatic nitrogens is 2. The maximum absolute atomic E-state index is 13.9. The SMILES string of the molecule is Cc1ccccc1C(CC(=O)O)NC(=O)c1cc(OCC(C)(O)C(C)C)n(-c2cccc(F)c2)n1. The molecule has 0 saturated heterocycles. The maximum atomic E-state index is 13.9. The van der Waals surface area contributed by atoms with Gasteiger partial charge in [0.15, 0.2) is 5.69 Å². The molecule has 9 heteroatoms. The lowest BCUT2D eigenvalue weighted by Crippen LogP contribution is -2.38. The van der Waals surface area contributed by atoms with Crippen molar-refractivity contribution in [3.8, 4) is 11.6 Å². The van der Waals surface area contributed by atoms with Crippen LogP contribution in [0.4, 0.5) is 4.39 Å². The largest absolute Gasteiger partial charge is 0.481 e. The lowest BCUT2D eigenvalue weighted by atomic mass is 9.94. The summed E-state index contributed by atoms with van der Waals surface area (Å²) in [6.45, 7) is 7.08. The quantitative estimate of drug-likeness (QED) is 0.401. The van der Waals surface area contributed by atoms with Crippen LogP contribution in [-0.2, 0) is 4.79 Å². The van der Waals surface area contributed by atoms with Gasteiger partial charge in [0.2, 0.25) is 5.88 Å². The highest BCUT2D eigenvalue weighted by Gasteiger charge is 2.28. The zero-order valence-corrected chi connectivity index (χ0v) is 20.2. The Labute approximate surface area is 203 Å². The number of carbonyl (C=O) groups excluding carboxylic acids is 1. The minimum atomic E-state index is -1.16. The number of aliphatic carboxylic acids is 1. The second kappa shape index (κ2) is 10.7. The molecule has 0 aliphatic carbocycles. The molecule has 186 valence electrons. The topological polar surface area (TPSA) is 114 Å². The molecule has 2 atom stereocenters. The number of hydrogen-bond donors (Lipinski definition) is 3. The van der Waals surface area contributed by atoms with Crippen LogP contribution < -0.4 is 10.1 Å². The molecule has 0 radical (unpaired) electrons. The van der Waals surface area contributed by atoms with Crippen molar-refractivity contribution in [1.29, 1.82) is 0 Å². The molecule has 1 aromatic heterocycles. The number of nitrogens with zero attached hydrogens (tertiary/aromatic N) is 2. The summed E-state index contributed by atoms with van der Waals surface area (Å²) >= 11 is 0. The molecular weight excluding hydrogens is 453 g/mol. The molecule has 0 aliphatic rings. The van der Waals surface area contributed by atoms with Crippen molar-refractivity contribution >= 4 is 11.9 Å². The fourth-order valence-electron chi connectivity index (χ4n) is 3.38. The van der Waals surface area contributed by atoms with E-state index in [2.05, 4.69) is 10.4 Å². The number of ether oxygens (including phenoxy) is 1. The van der Waals surface area contributed by atoms with Crippen molar-refractivity contribution in [2.75, 3.05) is 6.61 Å². The number of aliphatic hydroxyl groups is 1. The van der Waals surface area contributed by atoms with Gasteiger partial charge in [-0.1, -0.05) is 44.2 Å². The number of benzene rings is 2. The van der Waals surface area contributed by atoms with E-state index in [-0.39, 0.29) is 30.5 Å². The molecule has 8 nitrogen and oxygen atoms in total. The molecule has 0 fully saturated rings. The number of carbonyl (C=O) groups is 2. The van der Waals surface area contributed by atoms with Crippen LogP contribution in [0.1, 0.15) is 54.8 Å². The molecule has 1 heterocycles. The lowest BCUT2D eigenvalue weighted by molar-refractivity contribution is -0.137. The predicted octanol–water partition coefficient (Wildman–Crippen LogP) is 4.05. The second-order valence-electron chi connectivity index (χ2n) is 9.04. The first-order chi connectivity index (χ1) is 16.5. The van der Waals surface area contributed by atoms with E-state index in [0.29, 0.717) is 11.3 Å². The Bertz CT molecular complexity index is 1210. The fraction of sp³-hybridized carbons (Fsp3) is 0.346. The summed E-state index contributed by atoms with van der Waals surface area (Å²) in [6, 6.07) is 13.4. The van der Waals surface area contributed by atoms with Gasteiger partial charge in [-0.15, -0.1) is 0 Å². The molecule has 1 amide bonds. The van der Waals surface area contributed by atoms with E-state index in [4.69, 9.17) is 4.74 Å². The van der Waals surface area contributed by atoms with Crippen molar-refractivity contribution in [1.82, 2.24) is 15.1 Å². The van der Waals surface area contributed by atoms with Crippen LogP contribution >= 0.6 is 0 Å². The molecule has 2 aromatic carbocycles. The first-order valence-electron chi connectivity index (χ1n) is 11.3. The third-order valence-corrected chi connectivity index (χ3v) is 5.97. The smallest absolute Gasteiger partial charge is 0.305 e. The molecule has 3 rings (SSSR count). The summed E-state index contributed by atoms with van der Waals surface area (Å²) < 4.78 is 21.0. The van der Waals surface area contributed by atoms with E-state index < -0.39 is 29.3 Å². The second-order valence-corrected chi connectivity index (χ2v) is 9.04. The number of rotatable bonds is 10. The predicted molar refractivity (Wildman–Crippen MR) is 128 cm³/mol. The summed E-state index contributed by atoms with van der Waals surface area (Å²) in [4.78, 5) is 24.6. The monoisotopic (exact) mass is 483 g/mol. The van der Waals surface area contributed by atoms with Gasteiger partial charge in [-0.2, -0.15) is 5.10 Å². The van der Waals surface area contributed by atoms with Gasteiger partial charge in [-0.3, -0.25) is 9.59 Å². The van der Waals surface area contributed by atoms with Crippen molar-refractivity contribution in [2.45, 2.75) is 45.8 Å². The summed E-state index contributed by atoms with van der Waals surface area (Å²) in [5.41, 5.74) is 0.639.